The first-order chi connectivity index (χ1) is 12.2. The van der Waals surface area contributed by atoms with E-state index in [0.717, 1.165) is 16.7 Å². The molecule has 120 valence electrons. The Kier molecular flexibility index (Phi) is 3.06. The molecule has 0 radical (unpaired) electrons. The zero-order chi connectivity index (χ0) is 17.0. The van der Waals surface area contributed by atoms with E-state index in [2.05, 4.69) is 36.4 Å². The summed E-state index contributed by atoms with van der Waals surface area (Å²) in [5, 5.41) is 12.1. The minimum absolute atomic E-state index is 0.0176. The van der Waals surface area contributed by atoms with Gasteiger partial charge in [-0.25, -0.2) is 0 Å². The number of fused-ring (bicyclic) bond motifs is 4. The lowest BCUT2D eigenvalue weighted by Crippen LogP contribution is -1.95. The number of carbonyl (C=O) groups is 1. The predicted octanol–water partition coefficient (Wildman–Crippen LogP) is 5.58. The van der Waals surface area contributed by atoms with E-state index in [1.54, 1.807) is 23.5 Å². The largest absolute Gasteiger partial charge is 0.508 e. The summed E-state index contributed by atoms with van der Waals surface area (Å²) in [6.07, 6.45) is 2.63. The molecule has 0 unspecified atom stereocenters. The maximum atomic E-state index is 12.7. The Bertz CT molecular complexity index is 1200. The van der Waals surface area contributed by atoms with Crippen molar-refractivity contribution >= 4 is 43.4 Å². The van der Waals surface area contributed by atoms with Crippen LogP contribution >= 0.6 is 11.3 Å². The van der Waals surface area contributed by atoms with Crippen LogP contribution in [0.3, 0.4) is 0 Å². The summed E-state index contributed by atoms with van der Waals surface area (Å²) >= 11 is 1.76. The Balaban J connectivity index is 1.68. The molecule has 0 aliphatic heterocycles. The van der Waals surface area contributed by atoms with Gasteiger partial charge in [0.1, 0.15) is 5.75 Å². The molecule has 25 heavy (non-hydrogen) atoms. The average molecular weight is 342 g/mol. The van der Waals surface area contributed by atoms with Gasteiger partial charge in [0.15, 0.2) is 5.78 Å². The van der Waals surface area contributed by atoms with Gasteiger partial charge in [0, 0.05) is 37.7 Å². The average Bonchev–Trinajstić information content (AvgIpc) is 3.15. The number of phenolic OH excluding ortho intramolecular Hbond substituents is 1. The molecule has 0 fully saturated rings. The molecular weight excluding hydrogens is 328 g/mol. The molecule has 1 heterocycles. The number of rotatable bonds is 1. The number of carbonyl (C=O) groups excluding carboxylic acids is 1. The second-order valence-corrected chi connectivity index (χ2v) is 7.39. The highest BCUT2D eigenvalue weighted by atomic mass is 32.1. The fraction of sp³-hybridized carbons (Fsp3) is 0.0455. The Hall–Kier alpha value is -2.91. The molecule has 3 heteroatoms. The van der Waals surface area contributed by atoms with Gasteiger partial charge in [-0.3, -0.25) is 4.79 Å². The van der Waals surface area contributed by atoms with Crippen molar-refractivity contribution in [2.24, 2.45) is 0 Å². The van der Waals surface area contributed by atoms with Gasteiger partial charge in [0.2, 0.25) is 0 Å². The molecule has 0 amide bonds. The van der Waals surface area contributed by atoms with Crippen LogP contribution in [0.4, 0.5) is 0 Å². The molecule has 1 N–H and O–H groups in total. The first kappa shape index (κ1) is 14.4. The number of Topliss-reactive ketones (excluding diaryl/α,β-unsaturated/α-hetero) is 1. The molecule has 3 aromatic carbocycles. The van der Waals surface area contributed by atoms with Gasteiger partial charge in [-0.1, -0.05) is 42.5 Å². The molecule has 0 saturated heterocycles. The SMILES string of the molecule is O=C1C(=Cc2cccc3c2sc2ccccc23)Cc2ccc(O)cc21. The van der Waals surface area contributed by atoms with E-state index < -0.39 is 0 Å². The van der Waals surface area contributed by atoms with Crippen molar-refractivity contribution in [3.8, 4) is 5.75 Å². The highest BCUT2D eigenvalue weighted by Crippen LogP contribution is 2.37. The molecule has 1 aromatic heterocycles. The van der Waals surface area contributed by atoms with Crippen LogP contribution in [-0.4, -0.2) is 10.9 Å². The van der Waals surface area contributed by atoms with Crippen LogP contribution in [0.2, 0.25) is 0 Å². The number of ketones is 1. The summed E-state index contributed by atoms with van der Waals surface area (Å²) in [6.45, 7) is 0. The standard InChI is InChI=1S/C22H14O2S/c23-16-9-8-13-10-15(21(24)19(13)12-16)11-14-4-3-6-18-17-5-1-2-7-20(17)25-22(14)18/h1-9,11-12,23H,10H2. The van der Waals surface area contributed by atoms with E-state index in [1.165, 1.54) is 20.2 Å². The number of benzene rings is 3. The Morgan fingerprint density at radius 2 is 1.80 bits per heavy atom. The molecule has 1 aliphatic carbocycles. The second-order valence-electron chi connectivity index (χ2n) is 6.34. The Morgan fingerprint density at radius 1 is 0.960 bits per heavy atom. The van der Waals surface area contributed by atoms with Gasteiger partial charge in [0.05, 0.1) is 0 Å². The van der Waals surface area contributed by atoms with E-state index >= 15 is 0 Å². The van der Waals surface area contributed by atoms with Crippen LogP contribution in [0.15, 0.2) is 66.2 Å². The highest BCUT2D eigenvalue weighted by Gasteiger charge is 2.25. The molecule has 2 nitrogen and oxygen atoms in total. The summed E-state index contributed by atoms with van der Waals surface area (Å²) in [5.74, 6) is 0.156. The van der Waals surface area contributed by atoms with Crippen molar-refractivity contribution in [1.29, 1.82) is 0 Å². The number of aromatic hydroxyl groups is 1. The molecule has 0 saturated carbocycles. The van der Waals surface area contributed by atoms with Gasteiger partial charge in [-0.15, -0.1) is 11.3 Å². The van der Waals surface area contributed by atoms with Gasteiger partial charge in [-0.05, 0) is 35.4 Å². The van der Waals surface area contributed by atoms with Crippen molar-refractivity contribution in [1.82, 2.24) is 0 Å². The molecule has 0 bridgehead atoms. The molecule has 1 aliphatic rings. The third kappa shape index (κ3) is 2.20. The van der Waals surface area contributed by atoms with E-state index in [4.69, 9.17) is 0 Å². The molecule has 4 aromatic rings. The minimum atomic E-state index is 0.0176. The number of allylic oxidation sites excluding steroid dienone is 1. The molecular formula is C22H14O2S. The normalized spacial score (nSPS) is 15.4. The zero-order valence-corrected chi connectivity index (χ0v) is 14.1. The van der Waals surface area contributed by atoms with Gasteiger partial charge in [0.25, 0.3) is 0 Å². The third-order valence-electron chi connectivity index (χ3n) is 4.78. The van der Waals surface area contributed by atoms with Crippen LogP contribution < -0.4 is 0 Å². The second kappa shape index (κ2) is 5.30. The van der Waals surface area contributed by atoms with Gasteiger partial charge >= 0.3 is 0 Å². The fourth-order valence-electron chi connectivity index (χ4n) is 3.58. The van der Waals surface area contributed by atoms with Crippen molar-refractivity contribution in [2.45, 2.75) is 6.42 Å². The lowest BCUT2D eigenvalue weighted by molar-refractivity contribution is 0.104. The lowest BCUT2D eigenvalue weighted by Gasteiger charge is -1.99. The first-order valence-corrected chi connectivity index (χ1v) is 9.00. The van der Waals surface area contributed by atoms with Gasteiger partial charge < -0.3 is 5.11 Å². The highest BCUT2D eigenvalue weighted by molar-refractivity contribution is 7.26. The molecule has 5 rings (SSSR count). The van der Waals surface area contributed by atoms with Crippen LogP contribution in [0.25, 0.3) is 26.2 Å². The summed E-state index contributed by atoms with van der Waals surface area (Å²) in [5.41, 5.74) is 3.47. The monoisotopic (exact) mass is 342 g/mol. The minimum Gasteiger partial charge on any atom is -0.508 e. The van der Waals surface area contributed by atoms with E-state index in [9.17, 15) is 9.90 Å². The summed E-state index contributed by atoms with van der Waals surface area (Å²) in [4.78, 5) is 12.7. The summed E-state index contributed by atoms with van der Waals surface area (Å²) < 4.78 is 2.47. The van der Waals surface area contributed by atoms with Gasteiger partial charge in [-0.2, -0.15) is 0 Å². The van der Waals surface area contributed by atoms with E-state index in [-0.39, 0.29) is 11.5 Å². The first-order valence-electron chi connectivity index (χ1n) is 8.18. The number of hydrogen-bond donors (Lipinski definition) is 1. The zero-order valence-electron chi connectivity index (χ0n) is 13.3. The summed E-state index contributed by atoms with van der Waals surface area (Å²) in [7, 11) is 0. The van der Waals surface area contributed by atoms with Crippen LogP contribution in [0.1, 0.15) is 21.5 Å². The topological polar surface area (TPSA) is 37.3 Å². The maximum absolute atomic E-state index is 12.7. The van der Waals surface area contributed by atoms with Crippen LogP contribution in [0, 0.1) is 0 Å². The fourth-order valence-corrected chi connectivity index (χ4v) is 4.76. The summed E-state index contributed by atoms with van der Waals surface area (Å²) in [6, 6.07) is 19.7. The predicted molar refractivity (Wildman–Crippen MR) is 103 cm³/mol. The van der Waals surface area contributed by atoms with Crippen molar-refractivity contribution < 1.29 is 9.90 Å². The van der Waals surface area contributed by atoms with Crippen molar-refractivity contribution in [3.05, 3.63) is 82.9 Å². The van der Waals surface area contributed by atoms with Crippen LogP contribution in [-0.2, 0) is 6.42 Å². The third-order valence-corrected chi connectivity index (χ3v) is 6.01. The van der Waals surface area contributed by atoms with Crippen molar-refractivity contribution in [3.63, 3.8) is 0 Å². The quantitative estimate of drug-likeness (QED) is 0.458. The number of thiophene rings is 1. The Morgan fingerprint density at radius 3 is 2.72 bits per heavy atom. The van der Waals surface area contributed by atoms with Crippen LogP contribution in [0.5, 0.6) is 5.75 Å². The lowest BCUT2D eigenvalue weighted by atomic mass is 10.0. The van der Waals surface area contributed by atoms with E-state index in [1.807, 2.05) is 18.2 Å². The van der Waals surface area contributed by atoms with E-state index in [0.29, 0.717) is 12.0 Å². The number of hydrogen-bond acceptors (Lipinski definition) is 3. The Labute approximate surface area is 148 Å². The number of phenols is 1. The molecule has 0 spiro atoms. The smallest absolute Gasteiger partial charge is 0.189 e. The van der Waals surface area contributed by atoms with Crippen molar-refractivity contribution in [2.75, 3.05) is 0 Å². The maximum Gasteiger partial charge on any atom is 0.189 e. The molecule has 0 atom stereocenters.